The van der Waals surface area contributed by atoms with Gasteiger partial charge >= 0.3 is 5.97 Å². The fourth-order valence-electron chi connectivity index (χ4n) is 2.19. The molecule has 2 heterocycles. The van der Waals surface area contributed by atoms with Crippen LogP contribution in [0.3, 0.4) is 0 Å². The summed E-state index contributed by atoms with van der Waals surface area (Å²) < 4.78 is 26.3. The molecule has 2 atom stereocenters. The third kappa shape index (κ3) is 3.25. The molecule has 0 aliphatic carbocycles. The molecule has 7 nitrogen and oxygen atoms in total. The van der Waals surface area contributed by atoms with Crippen molar-refractivity contribution >= 4 is 33.2 Å². The summed E-state index contributed by atoms with van der Waals surface area (Å²) in [6, 6.07) is 1.23. The maximum absolute atomic E-state index is 12.5. The highest BCUT2D eigenvalue weighted by Gasteiger charge is 2.40. The SMILES string of the molecule is C[C@@H](NC(=O)C1CCCN1S(=O)(=O)c1cccs1)C(=O)O. The van der Waals surface area contributed by atoms with E-state index in [-0.39, 0.29) is 10.8 Å². The Labute approximate surface area is 126 Å². The molecule has 0 radical (unpaired) electrons. The fourth-order valence-corrected chi connectivity index (χ4v) is 4.96. The number of thiophene rings is 1. The lowest BCUT2D eigenvalue weighted by atomic mass is 10.2. The first-order valence-electron chi connectivity index (χ1n) is 6.42. The van der Waals surface area contributed by atoms with Gasteiger partial charge in [-0.05, 0) is 31.2 Å². The number of nitrogens with one attached hydrogen (secondary N) is 1. The zero-order valence-electron chi connectivity index (χ0n) is 11.4. The van der Waals surface area contributed by atoms with Crippen LogP contribution in [0, 0.1) is 0 Å². The summed E-state index contributed by atoms with van der Waals surface area (Å²) in [5.41, 5.74) is 0. The smallest absolute Gasteiger partial charge is 0.325 e. The molecule has 0 bridgehead atoms. The lowest BCUT2D eigenvalue weighted by Crippen LogP contribution is -2.49. The van der Waals surface area contributed by atoms with E-state index in [2.05, 4.69) is 5.32 Å². The minimum atomic E-state index is -3.70. The second-order valence-corrected chi connectivity index (χ2v) is 7.84. The van der Waals surface area contributed by atoms with Crippen LogP contribution in [0.2, 0.25) is 0 Å². The van der Waals surface area contributed by atoms with Crippen molar-refractivity contribution in [2.75, 3.05) is 6.54 Å². The van der Waals surface area contributed by atoms with E-state index in [4.69, 9.17) is 5.11 Å². The second kappa shape index (κ2) is 6.12. The summed E-state index contributed by atoms with van der Waals surface area (Å²) in [4.78, 5) is 22.9. The number of rotatable bonds is 5. The summed E-state index contributed by atoms with van der Waals surface area (Å²) in [5, 5.41) is 12.8. The van der Waals surface area contributed by atoms with Crippen molar-refractivity contribution in [2.24, 2.45) is 0 Å². The van der Waals surface area contributed by atoms with Gasteiger partial charge in [-0.25, -0.2) is 8.42 Å². The quantitative estimate of drug-likeness (QED) is 0.817. The van der Waals surface area contributed by atoms with E-state index < -0.39 is 34.0 Å². The van der Waals surface area contributed by atoms with Gasteiger partial charge in [-0.15, -0.1) is 11.3 Å². The molecule has 2 rings (SSSR count). The molecule has 1 saturated heterocycles. The summed E-state index contributed by atoms with van der Waals surface area (Å²) in [6.45, 7) is 1.60. The molecule has 0 aromatic carbocycles. The molecule has 21 heavy (non-hydrogen) atoms. The standard InChI is InChI=1S/C12H16N2O5S2/c1-8(12(16)17)13-11(15)9-4-2-6-14(9)21(18,19)10-5-3-7-20-10/h3,5,7-9H,2,4,6H2,1H3,(H,13,15)(H,16,17)/t8-,9?/m1/s1. The number of sulfonamides is 1. The van der Waals surface area contributed by atoms with Gasteiger partial charge in [0.2, 0.25) is 5.91 Å². The number of aliphatic carboxylic acids is 1. The molecule has 9 heteroatoms. The van der Waals surface area contributed by atoms with E-state index in [1.807, 2.05) is 0 Å². The van der Waals surface area contributed by atoms with Gasteiger partial charge in [0.15, 0.2) is 0 Å². The molecular formula is C12H16N2O5S2. The van der Waals surface area contributed by atoms with Gasteiger partial charge in [0.1, 0.15) is 16.3 Å². The van der Waals surface area contributed by atoms with E-state index in [9.17, 15) is 18.0 Å². The van der Waals surface area contributed by atoms with Crippen molar-refractivity contribution in [3.8, 4) is 0 Å². The van der Waals surface area contributed by atoms with E-state index >= 15 is 0 Å². The molecule has 1 aromatic heterocycles. The Hall–Kier alpha value is -1.45. The predicted molar refractivity (Wildman–Crippen MR) is 76.5 cm³/mol. The summed E-state index contributed by atoms with van der Waals surface area (Å²) >= 11 is 1.09. The highest BCUT2D eigenvalue weighted by molar-refractivity contribution is 7.91. The molecule has 1 fully saturated rings. The fraction of sp³-hybridized carbons (Fsp3) is 0.500. The van der Waals surface area contributed by atoms with Gasteiger partial charge in [0, 0.05) is 6.54 Å². The van der Waals surface area contributed by atoms with Crippen LogP contribution < -0.4 is 5.32 Å². The first-order valence-corrected chi connectivity index (χ1v) is 8.74. The maximum atomic E-state index is 12.5. The minimum absolute atomic E-state index is 0.188. The highest BCUT2D eigenvalue weighted by atomic mass is 32.2. The van der Waals surface area contributed by atoms with Gasteiger partial charge < -0.3 is 10.4 Å². The van der Waals surface area contributed by atoms with E-state index in [0.717, 1.165) is 15.6 Å². The second-order valence-electron chi connectivity index (χ2n) is 4.77. The first-order chi connectivity index (χ1) is 9.84. The van der Waals surface area contributed by atoms with Crippen molar-refractivity contribution in [1.82, 2.24) is 9.62 Å². The number of hydrogen-bond donors (Lipinski definition) is 2. The lowest BCUT2D eigenvalue weighted by Gasteiger charge is -2.23. The topological polar surface area (TPSA) is 104 Å². The molecule has 1 aliphatic heterocycles. The van der Waals surface area contributed by atoms with Crippen molar-refractivity contribution in [2.45, 2.75) is 36.1 Å². The average Bonchev–Trinajstić information content (AvgIpc) is 3.10. The van der Waals surface area contributed by atoms with Crippen LogP contribution in [0.25, 0.3) is 0 Å². The van der Waals surface area contributed by atoms with Crippen LogP contribution in [0.5, 0.6) is 0 Å². The third-order valence-electron chi connectivity index (χ3n) is 3.29. The normalized spacial score (nSPS) is 21.1. The largest absolute Gasteiger partial charge is 0.480 e. The zero-order valence-corrected chi connectivity index (χ0v) is 13.0. The van der Waals surface area contributed by atoms with E-state index in [1.165, 1.54) is 13.0 Å². The number of carboxylic acids is 1. The van der Waals surface area contributed by atoms with Gasteiger partial charge in [-0.1, -0.05) is 6.07 Å². The summed E-state index contributed by atoms with van der Waals surface area (Å²) in [7, 11) is -3.70. The highest BCUT2D eigenvalue weighted by Crippen LogP contribution is 2.28. The Morgan fingerprint density at radius 1 is 1.52 bits per heavy atom. The molecule has 116 valence electrons. The molecule has 0 spiro atoms. The van der Waals surface area contributed by atoms with Gasteiger partial charge in [-0.2, -0.15) is 4.31 Å². The molecule has 1 amide bonds. The Balaban J connectivity index is 2.17. The van der Waals surface area contributed by atoms with Gasteiger partial charge in [-0.3, -0.25) is 9.59 Å². The van der Waals surface area contributed by atoms with Gasteiger partial charge in [0.05, 0.1) is 0 Å². The number of amides is 1. The molecule has 0 saturated carbocycles. The minimum Gasteiger partial charge on any atom is -0.480 e. The Bertz CT molecular complexity index is 626. The maximum Gasteiger partial charge on any atom is 0.325 e. The van der Waals surface area contributed by atoms with Crippen molar-refractivity contribution in [3.05, 3.63) is 17.5 Å². The van der Waals surface area contributed by atoms with Crippen LogP contribution in [0.4, 0.5) is 0 Å². The predicted octanol–water partition coefficient (Wildman–Crippen LogP) is 0.490. The van der Waals surface area contributed by atoms with Crippen LogP contribution >= 0.6 is 11.3 Å². The Kier molecular flexibility index (Phi) is 4.64. The molecule has 1 aliphatic rings. The van der Waals surface area contributed by atoms with E-state index in [1.54, 1.807) is 11.4 Å². The first kappa shape index (κ1) is 15.9. The van der Waals surface area contributed by atoms with Crippen molar-refractivity contribution in [1.29, 1.82) is 0 Å². The third-order valence-corrected chi connectivity index (χ3v) is 6.57. The number of hydrogen-bond acceptors (Lipinski definition) is 5. The number of carbonyl (C=O) groups excluding carboxylic acids is 1. The summed E-state index contributed by atoms with van der Waals surface area (Å²) in [6.07, 6.45) is 0.965. The molecule has 1 aromatic rings. The lowest BCUT2D eigenvalue weighted by molar-refractivity contribution is -0.141. The van der Waals surface area contributed by atoms with Crippen LogP contribution in [0.1, 0.15) is 19.8 Å². The van der Waals surface area contributed by atoms with Crippen molar-refractivity contribution < 1.29 is 23.1 Å². The molecule has 1 unspecified atom stereocenters. The van der Waals surface area contributed by atoms with E-state index in [0.29, 0.717) is 12.8 Å². The molecular weight excluding hydrogens is 316 g/mol. The van der Waals surface area contributed by atoms with Crippen molar-refractivity contribution in [3.63, 3.8) is 0 Å². The van der Waals surface area contributed by atoms with Gasteiger partial charge in [0.25, 0.3) is 10.0 Å². The average molecular weight is 332 g/mol. The Morgan fingerprint density at radius 2 is 2.24 bits per heavy atom. The number of carbonyl (C=O) groups is 2. The van der Waals surface area contributed by atoms with Crippen LogP contribution in [0.15, 0.2) is 21.7 Å². The Morgan fingerprint density at radius 3 is 2.81 bits per heavy atom. The van der Waals surface area contributed by atoms with Crippen LogP contribution in [-0.2, 0) is 19.6 Å². The summed E-state index contributed by atoms with van der Waals surface area (Å²) in [5.74, 6) is -1.73. The number of nitrogens with zero attached hydrogens (tertiary/aromatic N) is 1. The zero-order chi connectivity index (χ0) is 15.6. The van der Waals surface area contributed by atoms with Crippen LogP contribution in [-0.4, -0.2) is 48.3 Å². The molecule has 2 N–H and O–H groups in total. The monoisotopic (exact) mass is 332 g/mol. The number of carboxylic acid groups (broad SMARTS) is 1.